The number of aromatic nitrogens is 2. The second kappa shape index (κ2) is 5.54. The lowest BCUT2D eigenvalue weighted by Gasteiger charge is -2.12. The summed E-state index contributed by atoms with van der Waals surface area (Å²) < 4.78 is 1.69. The van der Waals surface area contributed by atoms with Crippen molar-refractivity contribution in [1.82, 2.24) is 9.55 Å². The van der Waals surface area contributed by atoms with Gasteiger partial charge in [-0.25, -0.2) is 4.57 Å². The number of aromatic hydroxyl groups is 1. The van der Waals surface area contributed by atoms with Gasteiger partial charge in [-0.1, -0.05) is 24.3 Å². The van der Waals surface area contributed by atoms with Crippen molar-refractivity contribution in [2.75, 3.05) is 0 Å². The molecule has 0 saturated carbocycles. The molecule has 0 atom stereocenters. The summed E-state index contributed by atoms with van der Waals surface area (Å²) in [7, 11) is 0. The van der Waals surface area contributed by atoms with Gasteiger partial charge in [0.05, 0.1) is 21.4 Å². The van der Waals surface area contributed by atoms with E-state index in [-0.39, 0.29) is 11.4 Å². The third-order valence-electron chi connectivity index (χ3n) is 3.09. The van der Waals surface area contributed by atoms with Gasteiger partial charge in [-0.2, -0.15) is 0 Å². The monoisotopic (exact) mass is 342 g/mol. The van der Waals surface area contributed by atoms with Crippen LogP contribution in [0.2, 0.25) is 0 Å². The number of pyridine rings is 2. The van der Waals surface area contributed by atoms with Gasteiger partial charge in [0.15, 0.2) is 0 Å². The molecule has 2 heterocycles. The van der Waals surface area contributed by atoms with Gasteiger partial charge in [0.25, 0.3) is 5.56 Å². The summed E-state index contributed by atoms with van der Waals surface area (Å²) in [4.78, 5) is 16.9. The van der Waals surface area contributed by atoms with Gasteiger partial charge in [-0.15, -0.1) is 0 Å². The Labute approximate surface area is 129 Å². The van der Waals surface area contributed by atoms with Crippen LogP contribution in [0.4, 0.5) is 0 Å². The Bertz CT molecular complexity index is 830. The maximum absolute atomic E-state index is 12.7. The maximum atomic E-state index is 12.7. The van der Waals surface area contributed by atoms with E-state index >= 15 is 0 Å². The van der Waals surface area contributed by atoms with Crippen molar-refractivity contribution in [2.24, 2.45) is 0 Å². The summed E-state index contributed by atoms with van der Waals surface area (Å²) in [6, 6.07) is 15.9. The molecule has 0 aliphatic carbocycles. The van der Waals surface area contributed by atoms with E-state index in [9.17, 15) is 9.90 Å². The van der Waals surface area contributed by atoms with E-state index in [1.54, 1.807) is 36.5 Å². The largest absolute Gasteiger partial charge is 0.493 e. The van der Waals surface area contributed by atoms with Crippen molar-refractivity contribution in [2.45, 2.75) is 0 Å². The van der Waals surface area contributed by atoms with Crippen molar-refractivity contribution in [3.8, 4) is 22.8 Å². The van der Waals surface area contributed by atoms with E-state index in [0.29, 0.717) is 21.4 Å². The molecule has 1 N–H and O–H groups in total. The van der Waals surface area contributed by atoms with Crippen LogP contribution in [0.15, 0.2) is 70.1 Å². The van der Waals surface area contributed by atoms with Crippen LogP contribution >= 0.6 is 15.9 Å². The second-order valence-corrected chi connectivity index (χ2v) is 5.27. The first kappa shape index (κ1) is 13.6. The Kier molecular flexibility index (Phi) is 3.58. The zero-order valence-corrected chi connectivity index (χ0v) is 12.5. The average molecular weight is 343 g/mol. The van der Waals surface area contributed by atoms with Crippen molar-refractivity contribution in [3.63, 3.8) is 0 Å². The molecule has 0 unspecified atom stereocenters. The predicted octanol–water partition coefficient (Wildman–Crippen LogP) is 3.37. The number of benzene rings is 1. The molecule has 4 nitrogen and oxygen atoms in total. The first-order valence-corrected chi connectivity index (χ1v) is 7.09. The molecule has 1 aromatic carbocycles. The number of halogens is 1. The van der Waals surface area contributed by atoms with Crippen LogP contribution in [-0.2, 0) is 0 Å². The highest BCUT2D eigenvalue weighted by Crippen LogP contribution is 2.28. The molecule has 0 aliphatic rings. The van der Waals surface area contributed by atoms with Crippen LogP contribution < -0.4 is 5.56 Å². The fourth-order valence-electron chi connectivity index (χ4n) is 2.10. The molecule has 3 aromatic rings. The minimum absolute atomic E-state index is 0.133. The first-order chi connectivity index (χ1) is 10.2. The minimum Gasteiger partial charge on any atom is -0.493 e. The lowest BCUT2D eigenvalue weighted by atomic mass is 10.1. The molecule has 5 heteroatoms. The fraction of sp³-hybridized carbons (Fsp3) is 0. The molecule has 0 fully saturated rings. The van der Waals surface area contributed by atoms with E-state index in [0.717, 1.165) is 0 Å². The molecule has 104 valence electrons. The Morgan fingerprint density at radius 3 is 2.43 bits per heavy atom. The lowest BCUT2D eigenvalue weighted by molar-refractivity contribution is 0.432. The molecule has 2 aromatic heterocycles. The molecule has 21 heavy (non-hydrogen) atoms. The highest BCUT2D eigenvalue weighted by atomic mass is 79.9. The first-order valence-electron chi connectivity index (χ1n) is 6.30. The van der Waals surface area contributed by atoms with Gasteiger partial charge in [-0.3, -0.25) is 9.78 Å². The van der Waals surface area contributed by atoms with E-state index in [1.807, 2.05) is 24.3 Å². The Morgan fingerprint density at radius 2 is 1.76 bits per heavy atom. The number of rotatable bonds is 2. The van der Waals surface area contributed by atoms with Crippen LogP contribution in [0.1, 0.15) is 0 Å². The van der Waals surface area contributed by atoms with E-state index < -0.39 is 0 Å². The van der Waals surface area contributed by atoms with E-state index in [2.05, 4.69) is 20.9 Å². The van der Waals surface area contributed by atoms with Gasteiger partial charge in [-0.05, 0) is 46.3 Å². The number of hydrogen-bond acceptors (Lipinski definition) is 3. The van der Waals surface area contributed by atoms with Crippen molar-refractivity contribution >= 4 is 15.9 Å². The summed E-state index contributed by atoms with van der Waals surface area (Å²) >= 11 is 3.29. The number of hydrogen-bond donors (Lipinski definition) is 1. The van der Waals surface area contributed by atoms with Crippen LogP contribution in [0.5, 0.6) is 5.88 Å². The third kappa shape index (κ3) is 2.48. The zero-order valence-electron chi connectivity index (χ0n) is 10.9. The van der Waals surface area contributed by atoms with Crippen molar-refractivity contribution in [3.05, 3.63) is 75.6 Å². The van der Waals surface area contributed by atoms with Crippen LogP contribution in [0.25, 0.3) is 16.9 Å². The zero-order chi connectivity index (χ0) is 14.8. The summed E-state index contributed by atoms with van der Waals surface area (Å²) in [5, 5.41) is 10.2. The second-order valence-electron chi connectivity index (χ2n) is 4.42. The molecular weight excluding hydrogens is 332 g/mol. The SMILES string of the molecule is O=c1c(-c2ccccn2)cc(Br)c(O)n1-c1ccccc1. The Morgan fingerprint density at radius 1 is 1.05 bits per heavy atom. The number of nitrogens with zero attached hydrogens (tertiary/aromatic N) is 2. The van der Waals surface area contributed by atoms with Gasteiger partial charge >= 0.3 is 0 Å². The molecule has 0 radical (unpaired) electrons. The van der Waals surface area contributed by atoms with Crippen LogP contribution in [-0.4, -0.2) is 14.7 Å². The fourth-order valence-corrected chi connectivity index (χ4v) is 2.50. The van der Waals surface area contributed by atoms with Crippen LogP contribution in [0, 0.1) is 0 Å². The van der Waals surface area contributed by atoms with Crippen molar-refractivity contribution in [1.29, 1.82) is 0 Å². The summed E-state index contributed by atoms with van der Waals surface area (Å²) in [5.74, 6) is -0.133. The molecule has 0 bridgehead atoms. The molecule has 0 spiro atoms. The quantitative estimate of drug-likeness (QED) is 0.776. The Hall–Kier alpha value is -2.40. The maximum Gasteiger partial charge on any atom is 0.267 e. The van der Waals surface area contributed by atoms with Crippen molar-refractivity contribution < 1.29 is 5.11 Å². The lowest BCUT2D eigenvalue weighted by Crippen LogP contribution is -2.20. The number of para-hydroxylation sites is 1. The summed E-state index contributed by atoms with van der Waals surface area (Å²) in [6.45, 7) is 0. The molecule has 0 saturated heterocycles. The average Bonchev–Trinajstić information content (AvgIpc) is 2.53. The Balaban J connectivity index is 2.32. The van der Waals surface area contributed by atoms with Crippen LogP contribution in [0.3, 0.4) is 0 Å². The van der Waals surface area contributed by atoms with Gasteiger partial charge in [0, 0.05) is 6.20 Å². The minimum atomic E-state index is -0.319. The highest BCUT2D eigenvalue weighted by molar-refractivity contribution is 9.10. The highest BCUT2D eigenvalue weighted by Gasteiger charge is 2.15. The summed E-state index contributed by atoms with van der Waals surface area (Å²) in [5.41, 5.74) is 1.26. The van der Waals surface area contributed by atoms with E-state index in [1.165, 1.54) is 4.57 Å². The van der Waals surface area contributed by atoms with Gasteiger partial charge in [0.1, 0.15) is 0 Å². The molecule has 0 amide bonds. The molecule has 3 rings (SSSR count). The van der Waals surface area contributed by atoms with Gasteiger partial charge < -0.3 is 5.11 Å². The topological polar surface area (TPSA) is 55.1 Å². The predicted molar refractivity (Wildman–Crippen MR) is 84.6 cm³/mol. The third-order valence-corrected chi connectivity index (χ3v) is 3.67. The summed E-state index contributed by atoms with van der Waals surface area (Å²) in [6.07, 6.45) is 1.63. The molecular formula is C16H11BrN2O2. The standard InChI is InChI=1S/C16H11BrN2O2/c17-13-10-12(14-8-4-5-9-18-14)15(20)19(16(13)21)11-6-2-1-3-7-11/h1-10,21H. The van der Waals surface area contributed by atoms with E-state index in [4.69, 9.17) is 0 Å². The molecule has 0 aliphatic heterocycles. The van der Waals surface area contributed by atoms with Gasteiger partial charge in [0.2, 0.25) is 5.88 Å². The smallest absolute Gasteiger partial charge is 0.267 e. The normalized spacial score (nSPS) is 10.5.